The lowest BCUT2D eigenvalue weighted by Gasteiger charge is -2.33. The quantitative estimate of drug-likeness (QED) is 0.754. The molecule has 2 aromatic carbocycles. The van der Waals surface area contributed by atoms with E-state index in [1.165, 1.54) is 0 Å². The Morgan fingerprint density at radius 2 is 1.97 bits per heavy atom. The molecule has 1 N–H and O–H groups in total. The maximum absolute atomic E-state index is 12.9. The average Bonchev–Trinajstić information content (AvgIpc) is 3.25. The van der Waals surface area contributed by atoms with E-state index in [0.29, 0.717) is 47.5 Å². The summed E-state index contributed by atoms with van der Waals surface area (Å²) >= 11 is 6.13. The number of nitrogens with one attached hydrogen (secondary N) is 1. The highest BCUT2D eigenvalue weighted by atomic mass is 35.5. The Bertz CT molecular complexity index is 933. The van der Waals surface area contributed by atoms with Gasteiger partial charge >= 0.3 is 0 Å². The smallest absolute Gasteiger partial charge is 0.254 e. The number of amides is 2. The van der Waals surface area contributed by atoms with Crippen molar-refractivity contribution in [2.75, 3.05) is 19.9 Å². The number of hydrogen-bond acceptors (Lipinski definition) is 4. The number of hydrogen-bond donors (Lipinski definition) is 1. The van der Waals surface area contributed by atoms with Crippen molar-refractivity contribution in [3.05, 3.63) is 58.6 Å². The number of likely N-dealkylation sites (tertiary alicyclic amines) is 1. The van der Waals surface area contributed by atoms with Crippen molar-refractivity contribution in [3.63, 3.8) is 0 Å². The molecular weight excluding hydrogens is 404 g/mol. The molecule has 1 saturated heterocycles. The monoisotopic (exact) mass is 428 g/mol. The first-order chi connectivity index (χ1) is 14.6. The molecule has 0 aromatic heterocycles. The zero-order valence-electron chi connectivity index (χ0n) is 16.7. The summed E-state index contributed by atoms with van der Waals surface area (Å²) < 4.78 is 10.7. The molecule has 1 fully saturated rings. The molecule has 2 aromatic rings. The van der Waals surface area contributed by atoms with Gasteiger partial charge in [-0.05, 0) is 55.0 Å². The Balaban J connectivity index is 1.26. The van der Waals surface area contributed by atoms with Gasteiger partial charge in [-0.25, -0.2) is 0 Å². The van der Waals surface area contributed by atoms with Gasteiger partial charge in [-0.3, -0.25) is 9.59 Å². The van der Waals surface area contributed by atoms with E-state index >= 15 is 0 Å². The van der Waals surface area contributed by atoms with E-state index in [1.54, 1.807) is 18.2 Å². The fourth-order valence-electron chi connectivity index (χ4n) is 3.96. The van der Waals surface area contributed by atoms with Crippen LogP contribution in [0.4, 0.5) is 0 Å². The minimum atomic E-state index is 0.00108. The molecule has 0 aliphatic carbocycles. The Hall–Kier alpha value is -2.73. The van der Waals surface area contributed by atoms with Gasteiger partial charge in [0.1, 0.15) is 0 Å². The van der Waals surface area contributed by atoms with Gasteiger partial charge < -0.3 is 19.7 Å². The van der Waals surface area contributed by atoms with Crippen LogP contribution < -0.4 is 14.8 Å². The van der Waals surface area contributed by atoms with E-state index in [0.717, 1.165) is 31.4 Å². The van der Waals surface area contributed by atoms with Crippen molar-refractivity contribution in [2.24, 2.45) is 5.92 Å². The number of halogens is 1. The topological polar surface area (TPSA) is 67.9 Å². The van der Waals surface area contributed by atoms with Gasteiger partial charge in [-0.1, -0.05) is 29.8 Å². The summed E-state index contributed by atoms with van der Waals surface area (Å²) in [7, 11) is 0. The lowest BCUT2D eigenvalue weighted by Crippen LogP contribution is -2.40. The molecule has 1 unspecified atom stereocenters. The maximum atomic E-state index is 12.9. The van der Waals surface area contributed by atoms with Gasteiger partial charge in [0.05, 0.1) is 0 Å². The van der Waals surface area contributed by atoms with Crippen LogP contribution in [0.2, 0.25) is 5.02 Å². The average molecular weight is 429 g/mol. The van der Waals surface area contributed by atoms with Crippen molar-refractivity contribution in [2.45, 2.75) is 32.2 Å². The minimum absolute atomic E-state index is 0.00108. The summed E-state index contributed by atoms with van der Waals surface area (Å²) in [5.74, 6) is 1.62. The Morgan fingerprint density at radius 3 is 2.83 bits per heavy atom. The number of piperidine rings is 1. The molecule has 2 amide bonds. The summed E-state index contributed by atoms with van der Waals surface area (Å²) in [6.07, 6.45) is 3.19. The molecular formula is C23H25ClN2O4. The predicted molar refractivity (Wildman–Crippen MR) is 114 cm³/mol. The number of carbonyl (C=O) groups is 2. The van der Waals surface area contributed by atoms with Gasteiger partial charge in [0.2, 0.25) is 12.7 Å². The van der Waals surface area contributed by atoms with Gasteiger partial charge in [0.15, 0.2) is 11.5 Å². The van der Waals surface area contributed by atoms with Crippen LogP contribution in [0.15, 0.2) is 42.5 Å². The van der Waals surface area contributed by atoms with Crippen molar-refractivity contribution >= 4 is 23.4 Å². The minimum Gasteiger partial charge on any atom is -0.454 e. The van der Waals surface area contributed by atoms with E-state index in [9.17, 15) is 9.59 Å². The third-order valence-corrected chi connectivity index (χ3v) is 6.01. The number of fused-ring (bicyclic) bond motifs is 1. The van der Waals surface area contributed by atoms with E-state index in [2.05, 4.69) is 5.32 Å². The second-order valence-electron chi connectivity index (χ2n) is 7.73. The molecule has 0 spiro atoms. The van der Waals surface area contributed by atoms with Crippen molar-refractivity contribution in [1.29, 1.82) is 0 Å². The molecule has 2 aliphatic heterocycles. The fourth-order valence-corrected chi connectivity index (χ4v) is 4.16. The van der Waals surface area contributed by atoms with Gasteiger partial charge in [0.25, 0.3) is 5.91 Å². The summed E-state index contributed by atoms with van der Waals surface area (Å²) in [5.41, 5.74) is 1.52. The maximum Gasteiger partial charge on any atom is 0.254 e. The van der Waals surface area contributed by atoms with E-state index in [1.807, 2.05) is 29.2 Å². The van der Waals surface area contributed by atoms with Crippen LogP contribution in [0.1, 0.15) is 41.6 Å². The molecule has 0 bridgehead atoms. The number of rotatable bonds is 6. The molecule has 4 rings (SSSR count). The third-order valence-electron chi connectivity index (χ3n) is 5.64. The van der Waals surface area contributed by atoms with Crippen LogP contribution in [0.5, 0.6) is 11.5 Å². The Kier molecular flexibility index (Phi) is 6.43. The second-order valence-corrected chi connectivity index (χ2v) is 8.14. The Morgan fingerprint density at radius 1 is 1.13 bits per heavy atom. The van der Waals surface area contributed by atoms with E-state index < -0.39 is 0 Å². The lowest BCUT2D eigenvalue weighted by atomic mass is 9.92. The summed E-state index contributed by atoms with van der Waals surface area (Å²) in [5, 5.41) is 3.59. The van der Waals surface area contributed by atoms with E-state index in [4.69, 9.17) is 21.1 Å². The van der Waals surface area contributed by atoms with Crippen LogP contribution in [0.25, 0.3) is 0 Å². The SMILES string of the molecule is O=C(CCC1CCCN(C(=O)c2ccc3c(c2)OCO3)C1)NCc1ccccc1Cl. The standard InChI is InChI=1S/C23H25ClN2O4/c24-19-6-2-1-5-18(19)13-25-22(27)10-7-16-4-3-11-26(14-16)23(28)17-8-9-20-21(12-17)30-15-29-20/h1-2,5-6,8-9,12,16H,3-4,7,10-11,13-15H2,(H,25,27). The molecule has 1 atom stereocenters. The lowest BCUT2D eigenvalue weighted by molar-refractivity contribution is -0.121. The van der Waals surface area contributed by atoms with Crippen LogP contribution in [0.3, 0.4) is 0 Å². The number of benzene rings is 2. The first-order valence-corrected chi connectivity index (χ1v) is 10.7. The first-order valence-electron chi connectivity index (χ1n) is 10.3. The summed E-state index contributed by atoms with van der Waals surface area (Å²) in [4.78, 5) is 27.0. The summed E-state index contributed by atoms with van der Waals surface area (Å²) in [6, 6.07) is 12.8. The molecule has 2 aliphatic rings. The predicted octanol–water partition coefficient (Wildman–Crippen LogP) is 4.02. The second kappa shape index (κ2) is 9.39. The van der Waals surface area contributed by atoms with Crippen molar-refractivity contribution < 1.29 is 19.1 Å². The highest BCUT2D eigenvalue weighted by Crippen LogP contribution is 2.33. The van der Waals surface area contributed by atoms with Gasteiger partial charge in [-0.2, -0.15) is 0 Å². The largest absolute Gasteiger partial charge is 0.454 e. The first kappa shape index (κ1) is 20.5. The molecule has 0 radical (unpaired) electrons. The molecule has 7 heteroatoms. The van der Waals surface area contributed by atoms with Crippen molar-refractivity contribution in [3.8, 4) is 11.5 Å². The number of nitrogens with zero attached hydrogens (tertiary/aromatic N) is 1. The highest BCUT2D eigenvalue weighted by Gasteiger charge is 2.26. The molecule has 2 heterocycles. The van der Waals surface area contributed by atoms with E-state index in [-0.39, 0.29) is 18.6 Å². The van der Waals surface area contributed by atoms with Gasteiger partial charge in [0, 0.05) is 36.6 Å². The van der Waals surface area contributed by atoms with Crippen LogP contribution in [-0.4, -0.2) is 36.6 Å². The zero-order valence-corrected chi connectivity index (χ0v) is 17.5. The summed E-state index contributed by atoms with van der Waals surface area (Å²) in [6.45, 7) is 2.03. The molecule has 0 saturated carbocycles. The third kappa shape index (κ3) is 4.87. The number of ether oxygens (including phenoxy) is 2. The van der Waals surface area contributed by atoms with Crippen molar-refractivity contribution in [1.82, 2.24) is 10.2 Å². The fraction of sp³-hybridized carbons (Fsp3) is 0.391. The molecule has 30 heavy (non-hydrogen) atoms. The zero-order chi connectivity index (χ0) is 20.9. The molecule has 6 nitrogen and oxygen atoms in total. The molecule has 158 valence electrons. The normalized spacial score (nSPS) is 17.6. The Labute approximate surface area is 181 Å². The van der Waals surface area contributed by atoms with Crippen LogP contribution in [-0.2, 0) is 11.3 Å². The van der Waals surface area contributed by atoms with Gasteiger partial charge in [-0.15, -0.1) is 0 Å². The van der Waals surface area contributed by atoms with Crippen LogP contribution >= 0.6 is 11.6 Å². The van der Waals surface area contributed by atoms with Crippen LogP contribution in [0, 0.1) is 5.92 Å². The highest BCUT2D eigenvalue weighted by molar-refractivity contribution is 6.31. The number of carbonyl (C=O) groups excluding carboxylic acids is 2.